The van der Waals surface area contributed by atoms with E-state index in [4.69, 9.17) is 9.72 Å². The molecule has 1 amide bonds. The lowest BCUT2D eigenvalue weighted by Gasteiger charge is -2.13. The van der Waals surface area contributed by atoms with E-state index in [1.165, 1.54) is 11.8 Å². The zero-order chi connectivity index (χ0) is 24.2. The number of anilines is 1. The smallest absolute Gasteiger partial charge is 0.280 e. The Morgan fingerprint density at radius 3 is 2.44 bits per heavy atom. The molecule has 8 nitrogen and oxygen atoms in total. The number of aromatic nitrogens is 4. The largest absolute Gasteiger partial charge is 0.497 e. The van der Waals surface area contributed by atoms with Gasteiger partial charge in [0.2, 0.25) is 5.91 Å². The standard InChI is InChI=1S/C25H27N5O3S/c1-5-30-23-22(17(3)28-30)27-25(34-15-21(31)26-19-10-6-16(2)7-11-19)29(24(23)32)14-18-8-12-20(33-4)13-9-18/h6-13H,5,14-15H2,1-4H3,(H,26,31). The van der Waals surface area contributed by atoms with Gasteiger partial charge < -0.3 is 10.1 Å². The minimum atomic E-state index is -0.176. The third-order valence-electron chi connectivity index (χ3n) is 5.45. The summed E-state index contributed by atoms with van der Waals surface area (Å²) in [6, 6.07) is 15.2. The van der Waals surface area contributed by atoms with Crippen LogP contribution in [0.1, 0.15) is 23.7 Å². The van der Waals surface area contributed by atoms with Crippen molar-refractivity contribution in [3.8, 4) is 5.75 Å². The van der Waals surface area contributed by atoms with E-state index in [2.05, 4.69) is 10.4 Å². The summed E-state index contributed by atoms with van der Waals surface area (Å²) in [4.78, 5) is 30.9. The number of carbonyl (C=O) groups excluding carboxylic acids is 1. The molecule has 0 aliphatic rings. The Labute approximate surface area is 202 Å². The van der Waals surface area contributed by atoms with Gasteiger partial charge in [-0.05, 0) is 50.6 Å². The summed E-state index contributed by atoms with van der Waals surface area (Å²) >= 11 is 1.24. The van der Waals surface area contributed by atoms with Crippen LogP contribution in [0, 0.1) is 13.8 Å². The molecule has 0 unspecified atom stereocenters. The predicted molar refractivity (Wildman–Crippen MR) is 135 cm³/mol. The molecule has 9 heteroatoms. The number of fused-ring (bicyclic) bond motifs is 1. The monoisotopic (exact) mass is 477 g/mol. The van der Waals surface area contributed by atoms with Gasteiger partial charge in [-0.3, -0.25) is 18.8 Å². The van der Waals surface area contributed by atoms with Crippen molar-refractivity contribution in [2.45, 2.75) is 39.0 Å². The molecule has 0 spiro atoms. The first kappa shape index (κ1) is 23.6. The summed E-state index contributed by atoms with van der Waals surface area (Å²) in [5.74, 6) is 0.696. The number of ether oxygens (including phenoxy) is 1. The van der Waals surface area contributed by atoms with Crippen LogP contribution in [0.15, 0.2) is 58.5 Å². The van der Waals surface area contributed by atoms with Crippen LogP contribution < -0.4 is 15.6 Å². The van der Waals surface area contributed by atoms with Gasteiger partial charge in [0.15, 0.2) is 10.7 Å². The molecule has 0 aliphatic carbocycles. The summed E-state index contributed by atoms with van der Waals surface area (Å²) in [5.41, 5.74) is 4.34. The van der Waals surface area contributed by atoms with Crippen molar-refractivity contribution in [3.63, 3.8) is 0 Å². The molecule has 2 aromatic heterocycles. The second kappa shape index (κ2) is 10.1. The van der Waals surface area contributed by atoms with Gasteiger partial charge in [-0.1, -0.05) is 41.6 Å². The normalized spacial score (nSPS) is 11.1. The lowest BCUT2D eigenvalue weighted by atomic mass is 10.2. The predicted octanol–water partition coefficient (Wildman–Crippen LogP) is 4.02. The fourth-order valence-electron chi connectivity index (χ4n) is 3.64. The number of methoxy groups -OCH3 is 1. The Morgan fingerprint density at radius 2 is 1.79 bits per heavy atom. The maximum absolute atomic E-state index is 13.6. The van der Waals surface area contributed by atoms with Gasteiger partial charge in [0.25, 0.3) is 5.56 Å². The Hall–Kier alpha value is -3.59. The Morgan fingerprint density at radius 1 is 1.09 bits per heavy atom. The number of nitrogens with one attached hydrogen (secondary N) is 1. The molecule has 0 bridgehead atoms. The first-order chi connectivity index (χ1) is 16.4. The lowest BCUT2D eigenvalue weighted by Crippen LogP contribution is -2.26. The van der Waals surface area contributed by atoms with E-state index >= 15 is 0 Å². The van der Waals surface area contributed by atoms with Crippen LogP contribution in [0.2, 0.25) is 0 Å². The van der Waals surface area contributed by atoms with Crippen LogP contribution in [0.4, 0.5) is 5.69 Å². The molecule has 0 saturated carbocycles. The molecule has 0 fully saturated rings. The second-order valence-corrected chi connectivity index (χ2v) is 8.88. The topological polar surface area (TPSA) is 91.0 Å². The Kier molecular flexibility index (Phi) is 7.02. The molecule has 4 rings (SSSR count). The van der Waals surface area contributed by atoms with Crippen LogP contribution in [0.5, 0.6) is 5.75 Å². The number of amides is 1. The van der Waals surface area contributed by atoms with Gasteiger partial charge in [0.05, 0.1) is 25.1 Å². The van der Waals surface area contributed by atoms with Crippen molar-refractivity contribution in [3.05, 3.63) is 75.7 Å². The van der Waals surface area contributed by atoms with Crippen molar-refractivity contribution in [2.75, 3.05) is 18.2 Å². The van der Waals surface area contributed by atoms with Crippen molar-refractivity contribution in [1.82, 2.24) is 19.3 Å². The average molecular weight is 478 g/mol. The first-order valence-electron chi connectivity index (χ1n) is 11.0. The number of aryl methyl sites for hydroxylation is 3. The van der Waals surface area contributed by atoms with Gasteiger partial charge in [0.1, 0.15) is 11.3 Å². The van der Waals surface area contributed by atoms with Crippen LogP contribution in [-0.4, -0.2) is 38.1 Å². The molecular weight excluding hydrogens is 450 g/mol. The zero-order valence-electron chi connectivity index (χ0n) is 19.7. The van der Waals surface area contributed by atoms with E-state index in [1.807, 2.05) is 69.3 Å². The highest BCUT2D eigenvalue weighted by Crippen LogP contribution is 2.22. The van der Waals surface area contributed by atoms with Crippen molar-refractivity contribution in [2.24, 2.45) is 0 Å². The number of rotatable bonds is 8. The van der Waals surface area contributed by atoms with Crippen molar-refractivity contribution < 1.29 is 9.53 Å². The summed E-state index contributed by atoms with van der Waals surface area (Å²) in [6.45, 7) is 6.66. The quantitative estimate of drug-likeness (QED) is 0.305. The molecule has 0 radical (unpaired) electrons. The minimum Gasteiger partial charge on any atom is -0.497 e. The number of thioether (sulfide) groups is 1. The third-order valence-corrected chi connectivity index (χ3v) is 6.43. The van der Waals surface area contributed by atoms with Crippen LogP contribution >= 0.6 is 11.8 Å². The molecule has 0 atom stereocenters. The summed E-state index contributed by atoms with van der Waals surface area (Å²) in [5, 5.41) is 7.85. The number of benzene rings is 2. The molecule has 34 heavy (non-hydrogen) atoms. The zero-order valence-corrected chi connectivity index (χ0v) is 20.5. The highest BCUT2D eigenvalue weighted by Gasteiger charge is 2.19. The molecule has 1 N–H and O–H groups in total. The van der Waals surface area contributed by atoms with Gasteiger partial charge >= 0.3 is 0 Å². The van der Waals surface area contributed by atoms with Crippen molar-refractivity contribution in [1.29, 1.82) is 0 Å². The average Bonchev–Trinajstić information content (AvgIpc) is 3.17. The Balaban J connectivity index is 1.66. The maximum atomic E-state index is 13.6. The second-order valence-electron chi connectivity index (χ2n) is 7.94. The molecule has 2 heterocycles. The summed E-state index contributed by atoms with van der Waals surface area (Å²) < 4.78 is 8.53. The fourth-order valence-corrected chi connectivity index (χ4v) is 4.44. The molecule has 4 aromatic rings. The molecular formula is C25H27N5O3S. The van der Waals surface area contributed by atoms with Gasteiger partial charge in [0, 0.05) is 12.2 Å². The maximum Gasteiger partial charge on any atom is 0.280 e. The van der Waals surface area contributed by atoms with E-state index in [0.717, 1.165) is 22.6 Å². The molecule has 0 saturated heterocycles. The van der Waals surface area contributed by atoms with E-state index in [9.17, 15) is 9.59 Å². The van der Waals surface area contributed by atoms with Gasteiger partial charge in [-0.2, -0.15) is 5.10 Å². The van der Waals surface area contributed by atoms with E-state index in [-0.39, 0.29) is 17.2 Å². The molecule has 0 aliphatic heterocycles. The highest BCUT2D eigenvalue weighted by atomic mass is 32.2. The van der Waals surface area contributed by atoms with E-state index < -0.39 is 0 Å². The fraction of sp³-hybridized carbons (Fsp3) is 0.280. The first-order valence-corrected chi connectivity index (χ1v) is 12.0. The van der Waals surface area contributed by atoms with E-state index in [0.29, 0.717) is 35.0 Å². The number of carbonyl (C=O) groups is 1. The van der Waals surface area contributed by atoms with Gasteiger partial charge in [-0.15, -0.1) is 0 Å². The van der Waals surface area contributed by atoms with Crippen LogP contribution in [-0.2, 0) is 17.9 Å². The van der Waals surface area contributed by atoms with Crippen molar-refractivity contribution >= 4 is 34.4 Å². The van der Waals surface area contributed by atoms with Crippen LogP contribution in [0.25, 0.3) is 11.0 Å². The minimum absolute atomic E-state index is 0.120. The number of nitrogens with zero attached hydrogens (tertiary/aromatic N) is 4. The number of hydrogen-bond acceptors (Lipinski definition) is 6. The molecule has 176 valence electrons. The molecule has 2 aromatic carbocycles. The highest BCUT2D eigenvalue weighted by molar-refractivity contribution is 7.99. The summed E-state index contributed by atoms with van der Waals surface area (Å²) in [7, 11) is 1.61. The van der Waals surface area contributed by atoms with E-state index in [1.54, 1.807) is 16.4 Å². The lowest BCUT2D eigenvalue weighted by molar-refractivity contribution is -0.113. The third kappa shape index (κ3) is 4.99. The Bertz CT molecular complexity index is 1380. The number of hydrogen-bond donors (Lipinski definition) is 1. The SMILES string of the molecule is CCn1nc(C)c2nc(SCC(=O)Nc3ccc(C)cc3)n(Cc3ccc(OC)cc3)c(=O)c21. The van der Waals surface area contributed by atoms with Crippen LogP contribution in [0.3, 0.4) is 0 Å². The summed E-state index contributed by atoms with van der Waals surface area (Å²) in [6.07, 6.45) is 0. The van der Waals surface area contributed by atoms with Gasteiger partial charge in [-0.25, -0.2) is 4.98 Å².